The highest BCUT2D eigenvalue weighted by Gasteiger charge is 2.17. The Morgan fingerprint density at radius 1 is 1.05 bits per heavy atom. The Hall–Kier alpha value is -1.83. The number of pyridine rings is 1. The molecule has 1 aromatic heterocycles. The van der Waals surface area contributed by atoms with Crippen LogP contribution in [0.3, 0.4) is 0 Å². The van der Waals surface area contributed by atoms with E-state index in [1.165, 1.54) is 22.3 Å². The average Bonchev–Trinajstić information content (AvgIpc) is 2.86. The molecule has 0 saturated carbocycles. The molecular formula is C17H20N2. The summed E-state index contributed by atoms with van der Waals surface area (Å²) in [4.78, 5) is 4.39. The minimum absolute atomic E-state index is 0.209. The van der Waals surface area contributed by atoms with Gasteiger partial charge in [-0.25, -0.2) is 4.98 Å². The Morgan fingerprint density at radius 2 is 1.79 bits per heavy atom. The molecule has 1 aliphatic rings. The minimum atomic E-state index is 0.209. The summed E-state index contributed by atoms with van der Waals surface area (Å²) in [5, 5.41) is 3.33. The molecule has 3 rings (SSSR count). The first-order valence-electron chi connectivity index (χ1n) is 6.88. The maximum Gasteiger partial charge on any atom is 0.129 e. The molecule has 0 aliphatic carbocycles. The summed E-state index contributed by atoms with van der Waals surface area (Å²) in [6, 6.07) is 11.1. The van der Waals surface area contributed by atoms with Crippen LogP contribution < -0.4 is 5.32 Å². The summed E-state index contributed by atoms with van der Waals surface area (Å²) in [6.07, 6.45) is 2.96. The first kappa shape index (κ1) is 12.2. The molecule has 0 spiro atoms. The molecule has 1 aliphatic heterocycles. The number of aromatic nitrogens is 1. The lowest BCUT2D eigenvalue weighted by Crippen LogP contribution is -2.10. The zero-order chi connectivity index (χ0) is 13.5. The first-order chi connectivity index (χ1) is 9.05. The number of rotatable bonds is 1. The van der Waals surface area contributed by atoms with Crippen LogP contribution in [0.4, 0.5) is 5.82 Å². The second-order valence-electron chi connectivity index (χ2n) is 6.19. The topological polar surface area (TPSA) is 24.9 Å². The summed E-state index contributed by atoms with van der Waals surface area (Å²) in [6.45, 7) is 7.74. The van der Waals surface area contributed by atoms with Gasteiger partial charge in [0.1, 0.15) is 5.82 Å². The van der Waals surface area contributed by atoms with Gasteiger partial charge in [-0.05, 0) is 34.6 Å². The van der Waals surface area contributed by atoms with Gasteiger partial charge in [-0.1, -0.05) is 45.0 Å². The van der Waals surface area contributed by atoms with Crippen LogP contribution in [0.2, 0.25) is 0 Å². The smallest absolute Gasteiger partial charge is 0.129 e. The Bertz CT molecular complexity index is 592. The Kier molecular flexibility index (Phi) is 2.81. The van der Waals surface area contributed by atoms with E-state index in [0.29, 0.717) is 0 Å². The molecule has 0 unspecified atom stereocenters. The van der Waals surface area contributed by atoms with Crippen LogP contribution in [-0.4, -0.2) is 11.5 Å². The predicted molar refractivity (Wildman–Crippen MR) is 80.6 cm³/mol. The van der Waals surface area contributed by atoms with Gasteiger partial charge in [-0.2, -0.15) is 0 Å². The Morgan fingerprint density at radius 3 is 2.47 bits per heavy atom. The maximum absolute atomic E-state index is 4.39. The van der Waals surface area contributed by atoms with Crippen LogP contribution in [-0.2, 0) is 11.8 Å². The van der Waals surface area contributed by atoms with Crippen LogP contribution in [0.5, 0.6) is 0 Å². The van der Waals surface area contributed by atoms with Crippen LogP contribution in [0.25, 0.3) is 11.1 Å². The molecule has 19 heavy (non-hydrogen) atoms. The largest absolute Gasteiger partial charge is 0.369 e. The van der Waals surface area contributed by atoms with E-state index in [1.807, 2.05) is 6.20 Å². The van der Waals surface area contributed by atoms with Crippen molar-refractivity contribution in [3.05, 3.63) is 47.7 Å². The highest BCUT2D eigenvalue weighted by atomic mass is 15.0. The molecule has 98 valence electrons. The molecule has 2 heteroatoms. The van der Waals surface area contributed by atoms with Gasteiger partial charge in [0, 0.05) is 18.3 Å². The highest BCUT2D eigenvalue weighted by Crippen LogP contribution is 2.32. The highest BCUT2D eigenvalue weighted by molar-refractivity contribution is 5.73. The fraction of sp³-hybridized carbons (Fsp3) is 0.353. The van der Waals surface area contributed by atoms with E-state index >= 15 is 0 Å². The summed E-state index contributed by atoms with van der Waals surface area (Å²) >= 11 is 0. The molecule has 0 amide bonds. The van der Waals surface area contributed by atoms with Crippen molar-refractivity contribution in [1.29, 1.82) is 0 Å². The average molecular weight is 252 g/mol. The van der Waals surface area contributed by atoms with Gasteiger partial charge in [-0.3, -0.25) is 0 Å². The lowest BCUT2D eigenvalue weighted by atomic mass is 9.86. The van der Waals surface area contributed by atoms with Crippen LogP contribution in [0.15, 0.2) is 36.5 Å². The molecular weight excluding hydrogens is 232 g/mol. The van der Waals surface area contributed by atoms with Gasteiger partial charge in [0.15, 0.2) is 0 Å². The van der Waals surface area contributed by atoms with E-state index in [2.05, 4.69) is 61.4 Å². The van der Waals surface area contributed by atoms with E-state index in [4.69, 9.17) is 0 Å². The van der Waals surface area contributed by atoms with Crippen molar-refractivity contribution in [2.75, 3.05) is 11.9 Å². The SMILES string of the molecule is CC(C)(C)c1ccc(-c2ccnc3c2CCN3)cc1. The maximum atomic E-state index is 4.39. The lowest BCUT2D eigenvalue weighted by molar-refractivity contribution is 0.590. The van der Waals surface area contributed by atoms with Crippen molar-refractivity contribution < 1.29 is 0 Å². The van der Waals surface area contributed by atoms with Gasteiger partial charge in [0.2, 0.25) is 0 Å². The van der Waals surface area contributed by atoms with Gasteiger partial charge in [-0.15, -0.1) is 0 Å². The molecule has 0 saturated heterocycles. The zero-order valence-electron chi connectivity index (χ0n) is 11.8. The normalized spacial score (nSPS) is 14.1. The number of nitrogens with one attached hydrogen (secondary N) is 1. The third kappa shape index (κ3) is 2.23. The van der Waals surface area contributed by atoms with Crippen molar-refractivity contribution in [2.24, 2.45) is 0 Å². The van der Waals surface area contributed by atoms with Crippen LogP contribution in [0, 0.1) is 0 Å². The van der Waals surface area contributed by atoms with E-state index < -0.39 is 0 Å². The van der Waals surface area contributed by atoms with Crippen LogP contribution in [0.1, 0.15) is 31.9 Å². The van der Waals surface area contributed by atoms with Crippen molar-refractivity contribution in [3.8, 4) is 11.1 Å². The molecule has 0 bridgehead atoms. The summed E-state index contributed by atoms with van der Waals surface area (Å²) < 4.78 is 0. The second-order valence-corrected chi connectivity index (χ2v) is 6.19. The number of nitrogens with zero attached hydrogens (tertiary/aromatic N) is 1. The monoisotopic (exact) mass is 252 g/mol. The zero-order valence-corrected chi connectivity index (χ0v) is 11.8. The minimum Gasteiger partial charge on any atom is -0.369 e. The molecule has 2 nitrogen and oxygen atoms in total. The molecule has 1 N–H and O–H groups in total. The summed E-state index contributed by atoms with van der Waals surface area (Å²) in [5.41, 5.74) is 5.54. The molecule has 1 aromatic carbocycles. The lowest BCUT2D eigenvalue weighted by Gasteiger charge is -2.19. The number of hydrogen-bond acceptors (Lipinski definition) is 2. The Balaban J connectivity index is 2.02. The predicted octanol–water partition coefficient (Wildman–Crippen LogP) is 4.01. The van der Waals surface area contributed by atoms with Gasteiger partial charge < -0.3 is 5.32 Å². The number of anilines is 1. The van der Waals surface area contributed by atoms with E-state index in [-0.39, 0.29) is 5.41 Å². The summed E-state index contributed by atoms with van der Waals surface area (Å²) in [5.74, 6) is 1.05. The third-order valence-electron chi connectivity index (χ3n) is 3.79. The van der Waals surface area contributed by atoms with Gasteiger partial charge in [0.25, 0.3) is 0 Å². The second kappa shape index (κ2) is 4.37. The van der Waals surface area contributed by atoms with Crippen molar-refractivity contribution >= 4 is 5.82 Å². The van der Waals surface area contributed by atoms with E-state index in [0.717, 1.165) is 18.8 Å². The standard InChI is InChI=1S/C17H20N2/c1-17(2,3)13-6-4-12(5-7-13)14-8-10-18-16-15(14)9-11-19-16/h4-8,10H,9,11H2,1-3H3,(H,18,19). The fourth-order valence-corrected chi connectivity index (χ4v) is 2.62. The van der Waals surface area contributed by atoms with Crippen molar-refractivity contribution in [3.63, 3.8) is 0 Å². The number of hydrogen-bond donors (Lipinski definition) is 1. The third-order valence-corrected chi connectivity index (χ3v) is 3.79. The summed E-state index contributed by atoms with van der Waals surface area (Å²) in [7, 11) is 0. The number of benzene rings is 1. The molecule has 0 atom stereocenters. The van der Waals surface area contributed by atoms with E-state index in [1.54, 1.807) is 0 Å². The quantitative estimate of drug-likeness (QED) is 0.829. The van der Waals surface area contributed by atoms with Crippen molar-refractivity contribution in [2.45, 2.75) is 32.6 Å². The molecule has 2 aromatic rings. The van der Waals surface area contributed by atoms with Crippen LogP contribution >= 0.6 is 0 Å². The fourth-order valence-electron chi connectivity index (χ4n) is 2.62. The van der Waals surface area contributed by atoms with E-state index in [9.17, 15) is 0 Å². The molecule has 0 fully saturated rings. The van der Waals surface area contributed by atoms with Crippen molar-refractivity contribution in [1.82, 2.24) is 4.98 Å². The number of fused-ring (bicyclic) bond motifs is 1. The molecule has 0 radical (unpaired) electrons. The van der Waals surface area contributed by atoms with Gasteiger partial charge in [0.05, 0.1) is 0 Å². The first-order valence-corrected chi connectivity index (χ1v) is 6.88. The molecule has 2 heterocycles. The Labute approximate surface area is 114 Å². The van der Waals surface area contributed by atoms with Gasteiger partial charge >= 0.3 is 0 Å².